The summed E-state index contributed by atoms with van der Waals surface area (Å²) in [5.74, 6) is 0.797. The Morgan fingerprint density at radius 3 is 3.12 bits per heavy atom. The Kier molecular flexibility index (Phi) is 3.66. The molecule has 2 aromatic rings. The standard InChI is InChI=1S/C11H13FN2S2/c1-7(6-15-2)13-11-14-9-5-8(12)3-4-10(9)16-11/h3-5,7H,6H2,1-2H3,(H,13,14). The summed E-state index contributed by atoms with van der Waals surface area (Å²) in [6.45, 7) is 2.11. The van der Waals surface area contributed by atoms with E-state index in [1.165, 1.54) is 12.1 Å². The normalized spacial score (nSPS) is 12.9. The van der Waals surface area contributed by atoms with E-state index in [9.17, 15) is 4.39 Å². The molecule has 0 aliphatic heterocycles. The summed E-state index contributed by atoms with van der Waals surface area (Å²) >= 11 is 3.35. The first kappa shape index (κ1) is 11.7. The van der Waals surface area contributed by atoms with Gasteiger partial charge in [-0.3, -0.25) is 0 Å². The molecule has 0 aliphatic carbocycles. The molecule has 0 spiro atoms. The van der Waals surface area contributed by atoms with Gasteiger partial charge in [-0.1, -0.05) is 11.3 Å². The van der Waals surface area contributed by atoms with Crippen molar-refractivity contribution in [3.63, 3.8) is 0 Å². The van der Waals surface area contributed by atoms with Crippen LogP contribution in [0.25, 0.3) is 10.2 Å². The zero-order valence-corrected chi connectivity index (χ0v) is 10.8. The van der Waals surface area contributed by atoms with Crippen LogP contribution in [0.15, 0.2) is 18.2 Å². The number of benzene rings is 1. The van der Waals surface area contributed by atoms with Crippen LogP contribution in [0.2, 0.25) is 0 Å². The molecule has 2 nitrogen and oxygen atoms in total. The number of aromatic nitrogens is 1. The number of nitrogens with one attached hydrogen (secondary N) is 1. The number of rotatable bonds is 4. The molecule has 0 saturated heterocycles. The van der Waals surface area contributed by atoms with E-state index in [4.69, 9.17) is 0 Å². The summed E-state index contributed by atoms with van der Waals surface area (Å²) in [6, 6.07) is 5.08. The second-order valence-electron chi connectivity index (χ2n) is 3.63. The van der Waals surface area contributed by atoms with Gasteiger partial charge in [-0.15, -0.1) is 0 Å². The van der Waals surface area contributed by atoms with E-state index in [1.54, 1.807) is 29.2 Å². The van der Waals surface area contributed by atoms with Gasteiger partial charge in [0.05, 0.1) is 10.2 Å². The topological polar surface area (TPSA) is 24.9 Å². The first-order valence-electron chi connectivity index (χ1n) is 5.00. The van der Waals surface area contributed by atoms with Crippen LogP contribution in [-0.2, 0) is 0 Å². The molecule has 2 rings (SSSR count). The molecule has 0 amide bonds. The fourth-order valence-electron chi connectivity index (χ4n) is 1.46. The van der Waals surface area contributed by atoms with Crippen LogP contribution in [0.3, 0.4) is 0 Å². The third-order valence-corrected chi connectivity index (χ3v) is 3.94. The summed E-state index contributed by atoms with van der Waals surface area (Å²) in [6.07, 6.45) is 2.08. The Balaban J connectivity index is 2.19. The van der Waals surface area contributed by atoms with Crippen molar-refractivity contribution in [2.45, 2.75) is 13.0 Å². The van der Waals surface area contributed by atoms with Gasteiger partial charge in [-0.25, -0.2) is 9.37 Å². The zero-order chi connectivity index (χ0) is 11.5. The average Bonchev–Trinajstić information content (AvgIpc) is 2.59. The van der Waals surface area contributed by atoms with Gasteiger partial charge in [-0.2, -0.15) is 11.8 Å². The molecule has 0 bridgehead atoms. The van der Waals surface area contributed by atoms with Crippen LogP contribution in [-0.4, -0.2) is 23.0 Å². The zero-order valence-electron chi connectivity index (χ0n) is 9.16. The Bertz CT molecular complexity index is 484. The summed E-state index contributed by atoms with van der Waals surface area (Å²) < 4.78 is 14.0. The predicted molar refractivity (Wildman–Crippen MR) is 71.0 cm³/mol. The molecule has 0 radical (unpaired) electrons. The maximum Gasteiger partial charge on any atom is 0.184 e. The smallest absolute Gasteiger partial charge is 0.184 e. The lowest BCUT2D eigenvalue weighted by molar-refractivity contribution is 0.629. The monoisotopic (exact) mass is 256 g/mol. The lowest BCUT2D eigenvalue weighted by atomic mass is 10.3. The molecule has 1 unspecified atom stereocenters. The van der Waals surface area contributed by atoms with E-state index in [1.807, 2.05) is 0 Å². The van der Waals surface area contributed by atoms with Crippen LogP contribution in [0.1, 0.15) is 6.92 Å². The second kappa shape index (κ2) is 5.01. The molecular formula is C11H13FN2S2. The number of thiazole rings is 1. The highest BCUT2D eigenvalue weighted by atomic mass is 32.2. The van der Waals surface area contributed by atoms with E-state index in [2.05, 4.69) is 23.5 Å². The van der Waals surface area contributed by atoms with E-state index in [0.717, 1.165) is 21.1 Å². The van der Waals surface area contributed by atoms with E-state index < -0.39 is 0 Å². The first-order valence-corrected chi connectivity index (χ1v) is 7.21. The minimum absolute atomic E-state index is 0.235. The Morgan fingerprint density at radius 1 is 1.56 bits per heavy atom. The third-order valence-electron chi connectivity index (χ3n) is 2.14. The van der Waals surface area contributed by atoms with Gasteiger partial charge in [0, 0.05) is 17.9 Å². The molecule has 0 fully saturated rings. The Morgan fingerprint density at radius 2 is 2.38 bits per heavy atom. The van der Waals surface area contributed by atoms with Crippen molar-refractivity contribution in [1.29, 1.82) is 0 Å². The maximum atomic E-state index is 13.0. The van der Waals surface area contributed by atoms with Gasteiger partial charge in [0.2, 0.25) is 0 Å². The quantitative estimate of drug-likeness (QED) is 0.904. The van der Waals surface area contributed by atoms with E-state index >= 15 is 0 Å². The van der Waals surface area contributed by atoms with Crippen molar-refractivity contribution < 1.29 is 4.39 Å². The van der Waals surface area contributed by atoms with E-state index in [0.29, 0.717) is 6.04 Å². The fourth-order valence-corrected chi connectivity index (χ4v) is 3.01. The van der Waals surface area contributed by atoms with Gasteiger partial charge >= 0.3 is 0 Å². The number of nitrogens with zero attached hydrogens (tertiary/aromatic N) is 1. The van der Waals surface area contributed by atoms with Crippen LogP contribution in [0, 0.1) is 5.82 Å². The molecule has 1 atom stereocenters. The summed E-state index contributed by atoms with van der Waals surface area (Å²) in [4.78, 5) is 4.35. The molecule has 1 heterocycles. The number of hydrogen-bond acceptors (Lipinski definition) is 4. The van der Waals surface area contributed by atoms with Crippen molar-refractivity contribution in [2.24, 2.45) is 0 Å². The average molecular weight is 256 g/mol. The molecule has 1 aromatic heterocycles. The summed E-state index contributed by atoms with van der Waals surface area (Å²) in [5, 5.41) is 4.18. The highest BCUT2D eigenvalue weighted by Crippen LogP contribution is 2.26. The molecule has 16 heavy (non-hydrogen) atoms. The first-order chi connectivity index (χ1) is 7.69. The number of fused-ring (bicyclic) bond motifs is 1. The fraction of sp³-hybridized carbons (Fsp3) is 0.364. The number of hydrogen-bond donors (Lipinski definition) is 1. The highest BCUT2D eigenvalue weighted by Gasteiger charge is 2.07. The molecule has 0 aliphatic rings. The van der Waals surface area contributed by atoms with Gasteiger partial charge in [0.15, 0.2) is 5.13 Å². The Labute approximate surface area is 102 Å². The summed E-state index contributed by atoms with van der Waals surface area (Å²) in [5.41, 5.74) is 0.726. The molecular weight excluding hydrogens is 243 g/mol. The van der Waals surface area contributed by atoms with Crippen molar-refractivity contribution in [3.05, 3.63) is 24.0 Å². The largest absolute Gasteiger partial charge is 0.358 e. The minimum atomic E-state index is -0.235. The number of anilines is 1. The minimum Gasteiger partial charge on any atom is -0.358 e. The molecule has 1 aromatic carbocycles. The van der Waals surface area contributed by atoms with E-state index in [-0.39, 0.29) is 5.82 Å². The molecule has 0 saturated carbocycles. The van der Waals surface area contributed by atoms with Crippen molar-refractivity contribution >= 4 is 38.4 Å². The van der Waals surface area contributed by atoms with Crippen molar-refractivity contribution in [2.75, 3.05) is 17.3 Å². The molecule has 1 N–H and O–H groups in total. The van der Waals surface area contributed by atoms with Crippen molar-refractivity contribution in [3.8, 4) is 0 Å². The summed E-state index contributed by atoms with van der Waals surface area (Å²) in [7, 11) is 0. The second-order valence-corrected chi connectivity index (χ2v) is 5.57. The van der Waals surface area contributed by atoms with Gasteiger partial charge < -0.3 is 5.32 Å². The van der Waals surface area contributed by atoms with Gasteiger partial charge in [-0.05, 0) is 25.3 Å². The van der Waals surface area contributed by atoms with Gasteiger partial charge in [0.25, 0.3) is 0 Å². The lowest BCUT2D eigenvalue weighted by Crippen LogP contribution is -2.17. The SMILES string of the molecule is CSCC(C)Nc1nc2cc(F)ccc2s1. The van der Waals surface area contributed by atoms with Crippen LogP contribution >= 0.6 is 23.1 Å². The van der Waals surface area contributed by atoms with Crippen molar-refractivity contribution in [1.82, 2.24) is 4.98 Å². The van der Waals surface area contributed by atoms with Gasteiger partial charge in [0.1, 0.15) is 5.82 Å². The number of halogens is 1. The molecule has 86 valence electrons. The predicted octanol–water partition coefficient (Wildman–Crippen LogP) is 3.60. The van der Waals surface area contributed by atoms with Crippen LogP contribution < -0.4 is 5.32 Å². The Hall–Kier alpha value is -0.810. The van der Waals surface area contributed by atoms with Crippen LogP contribution in [0.4, 0.5) is 9.52 Å². The lowest BCUT2D eigenvalue weighted by Gasteiger charge is -2.09. The highest BCUT2D eigenvalue weighted by molar-refractivity contribution is 7.98. The maximum absolute atomic E-state index is 13.0. The number of thioether (sulfide) groups is 1. The third kappa shape index (κ3) is 2.65. The molecule has 5 heteroatoms. The van der Waals surface area contributed by atoms with Crippen LogP contribution in [0.5, 0.6) is 0 Å².